The highest BCUT2D eigenvalue weighted by Crippen LogP contribution is 2.41. The zero-order chi connectivity index (χ0) is 15.3. The van der Waals surface area contributed by atoms with E-state index in [-0.39, 0.29) is 11.8 Å². The van der Waals surface area contributed by atoms with Crippen molar-refractivity contribution in [3.05, 3.63) is 35.9 Å². The first kappa shape index (κ1) is 16.2. The number of ketones is 1. The first-order valence-corrected chi connectivity index (χ1v) is 8.23. The van der Waals surface area contributed by atoms with Gasteiger partial charge in [-0.2, -0.15) is 0 Å². The number of ether oxygens (including phenoxy) is 1. The van der Waals surface area contributed by atoms with E-state index in [9.17, 15) is 9.59 Å². The van der Waals surface area contributed by atoms with E-state index in [2.05, 4.69) is 15.9 Å². The maximum atomic E-state index is 12.6. The number of Topliss-reactive ketones (excluding diaryl/α,β-unsaturated/α-hetero) is 1. The van der Waals surface area contributed by atoms with Crippen molar-refractivity contribution < 1.29 is 14.3 Å². The van der Waals surface area contributed by atoms with E-state index in [0.717, 1.165) is 37.7 Å². The molecule has 0 atom stereocenters. The number of carbonyl (C=O) groups is 2. The van der Waals surface area contributed by atoms with E-state index >= 15 is 0 Å². The van der Waals surface area contributed by atoms with Gasteiger partial charge in [0, 0.05) is 12.5 Å². The van der Waals surface area contributed by atoms with E-state index in [0.29, 0.717) is 12.5 Å². The molecule has 3 nitrogen and oxygen atoms in total. The summed E-state index contributed by atoms with van der Waals surface area (Å²) >= 11 is 3.68. The maximum Gasteiger partial charge on any atom is 0.302 e. The molecule has 1 saturated carbocycles. The lowest BCUT2D eigenvalue weighted by Gasteiger charge is -2.34. The number of rotatable bonds is 5. The van der Waals surface area contributed by atoms with Crippen molar-refractivity contribution in [2.75, 3.05) is 6.61 Å². The van der Waals surface area contributed by atoms with Crippen LogP contribution in [0.2, 0.25) is 0 Å². The molecule has 0 amide bonds. The van der Waals surface area contributed by atoms with E-state index in [1.165, 1.54) is 6.92 Å². The second-order valence-corrected chi connectivity index (χ2v) is 7.25. The zero-order valence-electron chi connectivity index (χ0n) is 12.3. The average Bonchev–Trinajstić information content (AvgIpc) is 2.49. The Morgan fingerprint density at radius 3 is 2.43 bits per heavy atom. The second-order valence-electron chi connectivity index (χ2n) is 5.73. The summed E-state index contributed by atoms with van der Waals surface area (Å²) in [6.45, 7) is 1.92. The van der Waals surface area contributed by atoms with Crippen LogP contribution in [0, 0.1) is 5.92 Å². The van der Waals surface area contributed by atoms with Gasteiger partial charge in [0.25, 0.3) is 0 Å². The molecule has 0 saturated heterocycles. The second kappa shape index (κ2) is 7.21. The molecule has 1 aliphatic rings. The van der Waals surface area contributed by atoms with Crippen molar-refractivity contribution in [2.45, 2.75) is 43.4 Å². The Hall–Kier alpha value is -1.16. The van der Waals surface area contributed by atoms with Crippen LogP contribution in [0.15, 0.2) is 30.3 Å². The Morgan fingerprint density at radius 2 is 1.86 bits per heavy atom. The minimum Gasteiger partial charge on any atom is -0.466 e. The average molecular weight is 353 g/mol. The van der Waals surface area contributed by atoms with Crippen LogP contribution in [0.5, 0.6) is 0 Å². The van der Waals surface area contributed by atoms with E-state index in [1.807, 2.05) is 30.3 Å². The van der Waals surface area contributed by atoms with Crippen LogP contribution >= 0.6 is 15.9 Å². The van der Waals surface area contributed by atoms with Gasteiger partial charge in [0.15, 0.2) is 5.78 Å². The summed E-state index contributed by atoms with van der Waals surface area (Å²) < 4.78 is 4.57. The third kappa shape index (κ3) is 4.40. The molecule has 4 heteroatoms. The molecule has 0 unspecified atom stereocenters. The normalized spacial score (nSPS) is 25.3. The van der Waals surface area contributed by atoms with Crippen LogP contribution < -0.4 is 0 Å². The summed E-state index contributed by atoms with van der Waals surface area (Å²) in [5.41, 5.74) is 0.771. The molecule has 0 aliphatic heterocycles. The van der Waals surface area contributed by atoms with Crippen LogP contribution in [0.3, 0.4) is 0 Å². The molecular weight excluding hydrogens is 332 g/mol. The highest BCUT2D eigenvalue weighted by molar-refractivity contribution is 9.10. The van der Waals surface area contributed by atoms with Crippen LogP contribution in [-0.4, -0.2) is 22.7 Å². The number of esters is 1. The number of hydrogen-bond donors (Lipinski definition) is 0. The molecule has 0 bridgehead atoms. The summed E-state index contributed by atoms with van der Waals surface area (Å²) in [5, 5.41) is 0. The van der Waals surface area contributed by atoms with Gasteiger partial charge in [-0.1, -0.05) is 46.3 Å². The topological polar surface area (TPSA) is 43.4 Å². The molecule has 1 fully saturated rings. The summed E-state index contributed by atoms with van der Waals surface area (Å²) in [4.78, 5) is 23.4. The van der Waals surface area contributed by atoms with Crippen LogP contribution in [0.1, 0.15) is 49.4 Å². The summed E-state index contributed by atoms with van der Waals surface area (Å²) in [7, 11) is 0. The minimum absolute atomic E-state index is 0.182. The number of alkyl halides is 1. The number of halogens is 1. The lowest BCUT2D eigenvalue weighted by atomic mass is 9.77. The highest BCUT2D eigenvalue weighted by atomic mass is 79.9. The SMILES string of the molecule is CC(=O)OCCC1CCC(Br)(C(=O)c2ccccc2)CC1. The molecule has 21 heavy (non-hydrogen) atoms. The molecule has 1 aromatic rings. The van der Waals surface area contributed by atoms with Gasteiger partial charge < -0.3 is 4.74 Å². The molecule has 0 aromatic heterocycles. The van der Waals surface area contributed by atoms with Crippen LogP contribution in [0.4, 0.5) is 0 Å². The highest BCUT2D eigenvalue weighted by Gasteiger charge is 2.39. The van der Waals surface area contributed by atoms with Crippen molar-refractivity contribution in [3.8, 4) is 0 Å². The monoisotopic (exact) mass is 352 g/mol. The molecule has 114 valence electrons. The molecule has 0 heterocycles. The lowest BCUT2D eigenvalue weighted by molar-refractivity contribution is -0.141. The lowest BCUT2D eigenvalue weighted by Crippen LogP contribution is -2.36. The quantitative estimate of drug-likeness (QED) is 0.454. The zero-order valence-corrected chi connectivity index (χ0v) is 13.9. The van der Waals surface area contributed by atoms with Gasteiger partial charge in [-0.15, -0.1) is 0 Å². The Bertz CT molecular complexity index is 490. The first-order chi connectivity index (χ1) is 10.0. The van der Waals surface area contributed by atoms with Crippen LogP contribution in [-0.2, 0) is 9.53 Å². The van der Waals surface area contributed by atoms with Gasteiger partial charge in [-0.05, 0) is 38.0 Å². The maximum absolute atomic E-state index is 12.6. The Labute approximate surface area is 134 Å². The molecule has 0 radical (unpaired) electrons. The number of hydrogen-bond acceptors (Lipinski definition) is 3. The number of benzene rings is 1. The van der Waals surface area contributed by atoms with E-state index in [4.69, 9.17) is 4.74 Å². The molecule has 1 aromatic carbocycles. The Balaban J connectivity index is 1.87. The molecule has 2 rings (SSSR count). The fourth-order valence-electron chi connectivity index (χ4n) is 2.87. The summed E-state index contributed by atoms with van der Waals surface area (Å²) in [5.74, 6) is 0.500. The largest absolute Gasteiger partial charge is 0.466 e. The standard InChI is InChI=1S/C17H21BrO3/c1-13(19)21-12-9-14-7-10-17(18,11-8-14)16(20)15-5-3-2-4-6-15/h2-6,14H,7-12H2,1H3. The fourth-order valence-corrected chi connectivity index (χ4v) is 3.56. The number of carbonyl (C=O) groups excluding carboxylic acids is 2. The van der Waals surface area contributed by atoms with Gasteiger partial charge in [0.1, 0.15) is 0 Å². The first-order valence-electron chi connectivity index (χ1n) is 7.43. The van der Waals surface area contributed by atoms with Crippen molar-refractivity contribution in [2.24, 2.45) is 5.92 Å². The van der Waals surface area contributed by atoms with Gasteiger partial charge >= 0.3 is 5.97 Å². The smallest absolute Gasteiger partial charge is 0.302 e. The minimum atomic E-state index is -0.424. The predicted octanol–water partition coefficient (Wildman–Crippen LogP) is 4.15. The van der Waals surface area contributed by atoms with E-state index in [1.54, 1.807) is 0 Å². The molecule has 1 aliphatic carbocycles. The van der Waals surface area contributed by atoms with Gasteiger partial charge in [-0.3, -0.25) is 9.59 Å². The van der Waals surface area contributed by atoms with Crippen molar-refractivity contribution in [1.82, 2.24) is 0 Å². The molecular formula is C17H21BrO3. The third-order valence-corrected chi connectivity index (χ3v) is 5.33. The molecule has 0 spiro atoms. The third-order valence-electron chi connectivity index (χ3n) is 4.17. The van der Waals surface area contributed by atoms with Crippen molar-refractivity contribution in [1.29, 1.82) is 0 Å². The summed E-state index contributed by atoms with van der Waals surface area (Å²) in [6.07, 6.45) is 4.55. The Morgan fingerprint density at radius 1 is 1.24 bits per heavy atom. The van der Waals surface area contributed by atoms with Crippen LogP contribution in [0.25, 0.3) is 0 Å². The van der Waals surface area contributed by atoms with Gasteiger partial charge in [0.2, 0.25) is 0 Å². The molecule has 0 N–H and O–H groups in total. The Kier molecular flexibility index (Phi) is 5.57. The van der Waals surface area contributed by atoms with E-state index < -0.39 is 4.32 Å². The van der Waals surface area contributed by atoms with Crippen molar-refractivity contribution >= 4 is 27.7 Å². The summed E-state index contributed by atoms with van der Waals surface area (Å²) in [6, 6.07) is 9.46. The fraction of sp³-hybridized carbons (Fsp3) is 0.529. The van der Waals surface area contributed by atoms with Gasteiger partial charge in [0.05, 0.1) is 10.9 Å². The van der Waals surface area contributed by atoms with Gasteiger partial charge in [-0.25, -0.2) is 0 Å². The van der Waals surface area contributed by atoms with Crippen molar-refractivity contribution in [3.63, 3.8) is 0 Å². The predicted molar refractivity (Wildman–Crippen MR) is 85.6 cm³/mol.